The van der Waals surface area contributed by atoms with E-state index in [-0.39, 0.29) is 5.91 Å². The Bertz CT molecular complexity index is 548. The topological polar surface area (TPSA) is 50.2 Å². The number of carbonyl (C=O) groups excluding carboxylic acids is 1. The predicted octanol–water partition coefficient (Wildman–Crippen LogP) is 3.48. The van der Waals surface area contributed by atoms with Crippen LogP contribution in [-0.4, -0.2) is 46.0 Å². The van der Waals surface area contributed by atoms with Gasteiger partial charge in [-0.1, -0.05) is 19.3 Å². The van der Waals surface area contributed by atoms with Crippen molar-refractivity contribution in [1.29, 1.82) is 0 Å². The van der Waals surface area contributed by atoms with Gasteiger partial charge >= 0.3 is 0 Å². The number of imidazole rings is 1. The molecule has 25 heavy (non-hydrogen) atoms. The first kappa shape index (κ1) is 18.4. The molecule has 1 saturated heterocycles. The second-order valence-corrected chi connectivity index (χ2v) is 8.08. The quantitative estimate of drug-likeness (QED) is 0.858. The van der Waals surface area contributed by atoms with Crippen LogP contribution in [0.4, 0.5) is 0 Å². The summed E-state index contributed by atoms with van der Waals surface area (Å²) >= 11 is 0. The third-order valence-electron chi connectivity index (χ3n) is 5.75. The summed E-state index contributed by atoms with van der Waals surface area (Å²) in [6, 6.07) is 0.878. The van der Waals surface area contributed by atoms with E-state index in [0.29, 0.717) is 24.4 Å². The lowest BCUT2D eigenvalue weighted by atomic mass is 9.95. The van der Waals surface area contributed by atoms with Gasteiger partial charge in [-0.15, -0.1) is 0 Å². The maximum absolute atomic E-state index is 12.3. The van der Waals surface area contributed by atoms with Gasteiger partial charge in [0.15, 0.2) is 0 Å². The van der Waals surface area contributed by atoms with Crippen molar-refractivity contribution in [2.45, 2.75) is 83.2 Å². The van der Waals surface area contributed by atoms with E-state index in [1.807, 2.05) is 6.20 Å². The molecule has 1 aliphatic carbocycles. The molecule has 3 rings (SSSR count). The highest BCUT2D eigenvalue weighted by atomic mass is 16.1. The Morgan fingerprint density at radius 3 is 2.80 bits per heavy atom. The fourth-order valence-electron chi connectivity index (χ4n) is 4.35. The van der Waals surface area contributed by atoms with Crippen molar-refractivity contribution in [1.82, 2.24) is 19.8 Å². The Labute approximate surface area is 152 Å². The molecule has 5 heteroatoms. The minimum absolute atomic E-state index is 0.234. The average Bonchev–Trinajstić information content (AvgIpc) is 3.11. The molecule has 1 N–H and O–H groups in total. The van der Waals surface area contributed by atoms with Gasteiger partial charge in [-0.2, -0.15) is 0 Å². The van der Waals surface area contributed by atoms with Crippen molar-refractivity contribution in [2.75, 3.05) is 19.6 Å². The molecular weight excluding hydrogens is 312 g/mol. The minimum atomic E-state index is 0.234. The summed E-state index contributed by atoms with van der Waals surface area (Å²) in [4.78, 5) is 19.3. The first-order valence-electron chi connectivity index (χ1n) is 10.2. The Hall–Kier alpha value is -1.36. The van der Waals surface area contributed by atoms with Gasteiger partial charge in [0.25, 0.3) is 0 Å². The minimum Gasteiger partial charge on any atom is -0.353 e. The zero-order valence-corrected chi connectivity index (χ0v) is 15.9. The maximum Gasteiger partial charge on any atom is 0.221 e. The van der Waals surface area contributed by atoms with Crippen molar-refractivity contribution in [3.8, 4) is 0 Å². The van der Waals surface area contributed by atoms with E-state index in [1.54, 1.807) is 0 Å². The van der Waals surface area contributed by atoms with E-state index in [1.165, 1.54) is 37.9 Å². The van der Waals surface area contributed by atoms with Crippen molar-refractivity contribution >= 4 is 5.91 Å². The fourth-order valence-corrected chi connectivity index (χ4v) is 4.35. The molecule has 1 saturated carbocycles. The normalized spacial score (nSPS) is 23.1. The molecule has 0 spiro atoms. The van der Waals surface area contributed by atoms with Crippen LogP contribution in [0.5, 0.6) is 0 Å². The lowest BCUT2D eigenvalue weighted by Gasteiger charge is -2.33. The number of nitrogens with zero attached hydrogens (tertiary/aromatic N) is 3. The largest absolute Gasteiger partial charge is 0.353 e. The number of carbonyl (C=O) groups is 1. The lowest BCUT2D eigenvalue weighted by molar-refractivity contribution is -0.122. The van der Waals surface area contributed by atoms with Crippen LogP contribution >= 0.6 is 0 Å². The van der Waals surface area contributed by atoms with Crippen molar-refractivity contribution < 1.29 is 4.79 Å². The Morgan fingerprint density at radius 2 is 2.04 bits per heavy atom. The molecule has 1 unspecified atom stereocenters. The highest BCUT2D eigenvalue weighted by Gasteiger charge is 2.25. The molecular formula is C20H34N4O. The van der Waals surface area contributed by atoms with Gasteiger partial charge in [-0.05, 0) is 46.1 Å². The summed E-state index contributed by atoms with van der Waals surface area (Å²) in [5.74, 6) is 1.94. The summed E-state index contributed by atoms with van der Waals surface area (Å²) in [5, 5.41) is 3.24. The predicted molar refractivity (Wildman–Crippen MR) is 101 cm³/mol. The summed E-state index contributed by atoms with van der Waals surface area (Å²) < 4.78 is 2.30. The SMILES string of the molecule is CC(C)n1ccnc1C1CCCN(CCC(=O)NC2CCCCC2)C1. The van der Waals surface area contributed by atoms with Crippen LogP contribution in [0.25, 0.3) is 0 Å². The molecule has 1 amide bonds. The number of rotatable bonds is 6. The number of amides is 1. The number of aromatic nitrogens is 2. The van der Waals surface area contributed by atoms with E-state index in [4.69, 9.17) is 0 Å². The Balaban J connectivity index is 1.46. The van der Waals surface area contributed by atoms with Crippen molar-refractivity contribution in [3.63, 3.8) is 0 Å². The smallest absolute Gasteiger partial charge is 0.221 e. The van der Waals surface area contributed by atoms with E-state index >= 15 is 0 Å². The molecule has 1 aliphatic heterocycles. The summed E-state index contributed by atoms with van der Waals surface area (Å²) in [6.45, 7) is 7.43. The molecule has 140 valence electrons. The fraction of sp³-hybridized carbons (Fsp3) is 0.800. The van der Waals surface area contributed by atoms with Crippen LogP contribution in [0.1, 0.15) is 83.0 Å². The average molecular weight is 347 g/mol. The first-order chi connectivity index (χ1) is 12.1. The first-order valence-corrected chi connectivity index (χ1v) is 10.2. The molecule has 2 heterocycles. The van der Waals surface area contributed by atoms with Gasteiger partial charge in [0.1, 0.15) is 5.82 Å². The maximum atomic E-state index is 12.3. The number of hydrogen-bond acceptors (Lipinski definition) is 3. The van der Waals surface area contributed by atoms with Crippen LogP contribution in [-0.2, 0) is 4.79 Å². The number of hydrogen-bond donors (Lipinski definition) is 1. The highest BCUT2D eigenvalue weighted by molar-refractivity contribution is 5.76. The van der Waals surface area contributed by atoms with Gasteiger partial charge in [-0.3, -0.25) is 4.79 Å². The standard InChI is InChI=1S/C20H34N4O/c1-16(2)24-14-11-21-20(24)17-7-6-12-23(15-17)13-10-19(25)22-18-8-4-3-5-9-18/h11,14,16-18H,3-10,12-13,15H2,1-2H3,(H,22,25). The zero-order chi connectivity index (χ0) is 17.6. The van der Waals surface area contributed by atoms with Crippen LogP contribution < -0.4 is 5.32 Å². The zero-order valence-electron chi connectivity index (χ0n) is 15.9. The molecule has 0 aromatic carbocycles. The molecule has 1 aromatic rings. The molecule has 5 nitrogen and oxygen atoms in total. The summed E-state index contributed by atoms with van der Waals surface area (Å²) in [7, 11) is 0. The summed E-state index contributed by atoms with van der Waals surface area (Å²) in [6.07, 6.45) is 13.2. The molecule has 1 atom stereocenters. The highest BCUT2D eigenvalue weighted by Crippen LogP contribution is 2.27. The Kier molecular flexibility index (Phi) is 6.51. The van der Waals surface area contributed by atoms with Gasteiger partial charge in [0.05, 0.1) is 0 Å². The molecule has 0 bridgehead atoms. The van der Waals surface area contributed by atoms with E-state index in [0.717, 1.165) is 32.5 Å². The lowest BCUT2D eigenvalue weighted by Crippen LogP contribution is -2.40. The van der Waals surface area contributed by atoms with Gasteiger partial charge in [-0.25, -0.2) is 4.98 Å². The number of nitrogens with one attached hydrogen (secondary N) is 1. The third-order valence-corrected chi connectivity index (χ3v) is 5.75. The third kappa shape index (κ3) is 5.06. The van der Waals surface area contributed by atoms with Crippen molar-refractivity contribution in [2.24, 2.45) is 0 Å². The molecule has 0 radical (unpaired) electrons. The van der Waals surface area contributed by atoms with E-state index in [2.05, 4.69) is 39.8 Å². The molecule has 2 aliphatic rings. The van der Waals surface area contributed by atoms with Gasteiger partial charge in [0, 0.05) is 49.9 Å². The van der Waals surface area contributed by atoms with Crippen molar-refractivity contribution in [3.05, 3.63) is 18.2 Å². The van der Waals surface area contributed by atoms with Gasteiger partial charge in [0.2, 0.25) is 5.91 Å². The van der Waals surface area contributed by atoms with Crippen LogP contribution in [0.2, 0.25) is 0 Å². The van der Waals surface area contributed by atoms with Crippen LogP contribution in [0.15, 0.2) is 12.4 Å². The summed E-state index contributed by atoms with van der Waals surface area (Å²) in [5.41, 5.74) is 0. The number of piperidine rings is 1. The van der Waals surface area contributed by atoms with Crippen LogP contribution in [0.3, 0.4) is 0 Å². The molecule has 1 aromatic heterocycles. The second-order valence-electron chi connectivity index (χ2n) is 8.08. The van der Waals surface area contributed by atoms with E-state index in [9.17, 15) is 4.79 Å². The monoisotopic (exact) mass is 346 g/mol. The van der Waals surface area contributed by atoms with E-state index < -0.39 is 0 Å². The Morgan fingerprint density at radius 1 is 1.24 bits per heavy atom. The molecule has 2 fully saturated rings. The number of likely N-dealkylation sites (tertiary alicyclic amines) is 1. The van der Waals surface area contributed by atoms with Gasteiger partial charge < -0.3 is 14.8 Å². The second kappa shape index (κ2) is 8.84. The van der Waals surface area contributed by atoms with Crippen LogP contribution in [0, 0.1) is 0 Å².